The van der Waals surface area contributed by atoms with Gasteiger partial charge in [0.05, 0.1) is 18.1 Å². The van der Waals surface area contributed by atoms with Gasteiger partial charge in [-0.2, -0.15) is 9.61 Å². The molecule has 1 fully saturated rings. The Labute approximate surface area is 174 Å². The van der Waals surface area contributed by atoms with E-state index in [9.17, 15) is 4.79 Å². The molecule has 0 aliphatic carbocycles. The van der Waals surface area contributed by atoms with Crippen molar-refractivity contribution < 1.29 is 9.53 Å². The monoisotopic (exact) mass is 411 g/mol. The number of hydrogen-bond acceptors (Lipinski definition) is 6. The maximum Gasteiger partial charge on any atom is 0.233 e. The second-order valence-corrected chi connectivity index (χ2v) is 8.22. The van der Waals surface area contributed by atoms with Gasteiger partial charge in [0.2, 0.25) is 11.1 Å². The Kier molecular flexibility index (Phi) is 5.99. The van der Waals surface area contributed by atoms with Crippen LogP contribution in [-0.4, -0.2) is 56.1 Å². The maximum absolute atomic E-state index is 12.5. The zero-order chi connectivity index (χ0) is 20.2. The SMILES string of the molecule is CCOc1ccc(-c2ccc3nnc(SCC(=O)N4CCC(C)CC4)n3n2)cc1. The molecule has 0 N–H and O–H groups in total. The molecule has 2 aromatic heterocycles. The van der Waals surface area contributed by atoms with Crippen LogP contribution in [0.3, 0.4) is 0 Å². The molecule has 1 aromatic carbocycles. The number of nitrogens with zero attached hydrogens (tertiary/aromatic N) is 5. The average Bonchev–Trinajstić information content (AvgIpc) is 3.15. The standard InChI is InChI=1S/C21H25N5O2S/c1-3-28-17-6-4-16(5-7-17)18-8-9-19-22-23-21(26(19)24-18)29-14-20(27)25-12-10-15(2)11-13-25/h4-9,15H,3,10-14H2,1-2H3. The quantitative estimate of drug-likeness (QED) is 0.578. The summed E-state index contributed by atoms with van der Waals surface area (Å²) in [7, 11) is 0. The van der Waals surface area contributed by atoms with Crippen LogP contribution in [0.1, 0.15) is 26.7 Å². The number of benzene rings is 1. The Morgan fingerprint density at radius 1 is 1.14 bits per heavy atom. The topological polar surface area (TPSA) is 72.6 Å². The van der Waals surface area contributed by atoms with E-state index >= 15 is 0 Å². The Balaban J connectivity index is 1.47. The van der Waals surface area contributed by atoms with Crippen LogP contribution in [0.2, 0.25) is 0 Å². The summed E-state index contributed by atoms with van der Waals surface area (Å²) < 4.78 is 7.21. The number of likely N-dealkylation sites (tertiary alicyclic amines) is 1. The molecule has 3 aromatic rings. The third-order valence-corrected chi connectivity index (χ3v) is 6.06. The fourth-order valence-electron chi connectivity index (χ4n) is 3.38. The number of fused-ring (bicyclic) bond motifs is 1. The number of carbonyl (C=O) groups is 1. The lowest BCUT2D eigenvalue weighted by molar-refractivity contribution is -0.129. The Morgan fingerprint density at radius 2 is 1.90 bits per heavy atom. The molecule has 1 amide bonds. The summed E-state index contributed by atoms with van der Waals surface area (Å²) in [4.78, 5) is 14.5. The maximum atomic E-state index is 12.5. The summed E-state index contributed by atoms with van der Waals surface area (Å²) in [5.74, 6) is 2.05. The number of aromatic nitrogens is 4. The number of hydrogen-bond donors (Lipinski definition) is 0. The molecular formula is C21H25N5O2S. The number of thioether (sulfide) groups is 1. The van der Waals surface area contributed by atoms with E-state index in [1.165, 1.54) is 11.8 Å². The van der Waals surface area contributed by atoms with Crippen molar-refractivity contribution in [3.8, 4) is 17.0 Å². The number of amides is 1. The van der Waals surface area contributed by atoms with Gasteiger partial charge in [-0.05, 0) is 62.1 Å². The second kappa shape index (κ2) is 8.82. The van der Waals surface area contributed by atoms with Crippen molar-refractivity contribution in [1.82, 2.24) is 24.7 Å². The van der Waals surface area contributed by atoms with Crippen molar-refractivity contribution in [2.45, 2.75) is 31.8 Å². The lowest BCUT2D eigenvalue weighted by atomic mass is 9.99. The minimum atomic E-state index is 0.154. The van der Waals surface area contributed by atoms with Crippen LogP contribution in [0.15, 0.2) is 41.6 Å². The smallest absolute Gasteiger partial charge is 0.233 e. The lowest BCUT2D eigenvalue weighted by Gasteiger charge is -2.30. The van der Waals surface area contributed by atoms with E-state index in [4.69, 9.17) is 4.74 Å². The van der Waals surface area contributed by atoms with Crippen LogP contribution in [0.4, 0.5) is 0 Å². The van der Waals surface area contributed by atoms with Gasteiger partial charge >= 0.3 is 0 Å². The number of carbonyl (C=O) groups excluding carboxylic acids is 1. The van der Waals surface area contributed by atoms with Gasteiger partial charge in [0.15, 0.2) is 5.65 Å². The normalized spacial score (nSPS) is 15.0. The minimum absolute atomic E-state index is 0.154. The molecule has 0 unspecified atom stereocenters. The summed E-state index contributed by atoms with van der Waals surface area (Å²) in [6, 6.07) is 11.7. The molecule has 1 aliphatic rings. The van der Waals surface area contributed by atoms with Crippen LogP contribution < -0.4 is 4.74 Å². The lowest BCUT2D eigenvalue weighted by Crippen LogP contribution is -2.38. The van der Waals surface area contributed by atoms with Crippen molar-refractivity contribution in [1.29, 1.82) is 0 Å². The third-order valence-electron chi connectivity index (χ3n) is 5.16. The minimum Gasteiger partial charge on any atom is -0.494 e. The highest BCUT2D eigenvalue weighted by Crippen LogP contribution is 2.24. The van der Waals surface area contributed by atoms with E-state index in [0.29, 0.717) is 29.1 Å². The van der Waals surface area contributed by atoms with Gasteiger partial charge < -0.3 is 9.64 Å². The van der Waals surface area contributed by atoms with Gasteiger partial charge in [0.25, 0.3) is 0 Å². The molecule has 7 nitrogen and oxygen atoms in total. The largest absolute Gasteiger partial charge is 0.494 e. The molecule has 0 saturated carbocycles. The fraction of sp³-hybridized carbons (Fsp3) is 0.429. The van der Waals surface area contributed by atoms with Crippen LogP contribution in [0.25, 0.3) is 16.9 Å². The second-order valence-electron chi connectivity index (χ2n) is 7.28. The molecule has 0 spiro atoms. The van der Waals surface area contributed by atoms with Gasteiger partial charge in [0.1, 0.15) is 5.75 Å². The highest BCUT2D eigenvalue weighted by atomic mass is 32.2. The van der Waals surface area contributed by atoms with E-state index in [1.807, 2.05) is 48.2 Å². The average molecular weight is 412 g/mol. The molecule has 4 rings (SSSR count). The van der Waals surface area contributed by atoms with Crippen LogP contribution in [0.5, 0.6) is 5.75 Å². The predicted octanol–water partition coefficient (Wildman–Crippen LogP) is 3.54. The fourth-order valence-corrected chi connectivity index (χ4v) is 4.17. The first-order valence-electron chi connectivity index (χ1n) is 10.0. The summed E-state index contributed by atoms with van der Waals surface area (Å²) in [6.45, 7) is 6.54. The Bertz CT molecular complexity index is 980. The molecule has 29 heavy (non-hydrogen) atoms. The van der Waals surface area contributed by atoms with Crippen LogP contribution >= 0.6 is 11.8 Å². The van der Waals surface area contributed by atoms with Crippen molar-refractivity contribution in [2.24, 2.45) is 5.92 Å². The van der Waals surface area contributed by atoms with E-state index in [0.717, 1.165) is 42.9 Å². The first kappa shape index (κ1) is 19.7. The van der Waals surface area contributed by atoms with E-state index in [1.54, 1.807) is 4.52 Å². The van der Waals surface area contributed by atoms with E-state index in [-0.39, 0.29) is 5.91 Å². The summed E-state index contributed by atoms with van der Waals surface area (Å²) in [5.41, 5.74) is 2.47. The highest BCUT2D eigenvalue weighted by molar-refractivity contribution is 7.99. The van der Waals surface area contributed by atoms with E-state index < -0.39 is 0 Å². The Morgan fingerprint density at radius 3 is 2.62 bits per heavy atom. The van der Waals surface area contributed by atoms with Crippen molar-refractivity contribution in [2.75, 3.05) is 25.4 Å². The van der Waals surface area contributed by atoms with Crippen molar-refractivity contribution >= 4 is 23.3 Å². The number of ether oxygens (including phenoxy) is 1. The number of piperidine rings is 1. The first-order chi connectivity index (χ1) is 14.1. The molecular weight excluding hydrogens is 386 g/mol. The number of rotatable bonds is 6. The molecule has 0 bridgehead atoms. The summed E-state index contributed by atoms with van der Waals surface area (Å²) >= 11 is 1.39. The molecule has 1 saturated heterocycles. The summed E-state index contributed by atoms with van der Waals surface area (Å²) in [5, 5.41) is 13.7. The summed E-state index contributed by atoms with van der Waals surface area (Å²) in [6.07, 6.45) is 2.16. The van der Waals surface area contributed by atoms with Crippen molar-refractivity contribution in [3.63, 3.8) is 0 Å². The molecule has 3 heterocycles. The van der Waals surface area contributed by atoms with Gasteiger partial charge in [-0.25, -0.2) is 0 Å². The molecule has 1 aliphatic heterocycles. The zero-order valence-corrected chi connectivity index (χ0v) is 17.6. The zero-order valence-electron chi connectivity index (χ0n) is 16.7. The third kappa shape index (κ3) is 4.53. The van der Waals surface area contributed by atoms with Gasteiger partial charge in [-0.1, -0.05) is 18.7 Å². The first-order valence-corrected chi connectivity index (χ1v) is 11.0. The Hall–Kier alpha value is -2.61. The van der Waals surface area contributed by atoms with E-state index in [2.05, 4.69) is 22.2 Å². The molecule has 152 valence electrons. The van der Waals surface area contributed by atoms with Gasteiger partial charge in [-0.15, -0.1) is 10.2 Å². The molecule has 0 radical (unpaired) electrons. The highest BCUT2D eigenvalue weighted by Gasteiger charge is 2.21. The molecule has 8 heteroatoms. The van der Waals surface area contributed by atoms with Gasteiger partial charge in [0, 0.05) is 18.7 Å². The molecule has 0 atom stereocenters. The van der Waals surface area contributed by atoms with Crippen LogP contribution in [-0.2, 0) is 4.79 Å². The van der Waals surface area contributed by atoms with Gasteiger partial charge in [-0.3, -0.25) is 4.79 Å². The van der Waals surface area contributed by atoms with Crippen molar-refractivity contribution in [3.05, 3.63) is 36.4 Å². The predicted molar refractivity (Wildman–Crippen MR) is 113 cm³/mol. The van der Waals surface area contributed by atoms with Crippen LogP contribution in [0, 0.1) is 5.92 Å².